The Morgan fingerprint density at radius 2 is 1.95 bits per heavy atom. The van der Waals surface area contributed by atoms with Gasteiger partial charge in [0.1, 0.15) is 0 Å². The van der Waals surface area contributed by atoms with E-state index in [0.29, 0.717) is 18.8 Å². The van der Waals surface area contributed by atoms with Crippen molar-refractivity contribution in [3.63, 3.8) is 0 Å². The van der Waals surface area contributed by atoms with Gasteiger partial charge in [0.15, 0.2) is 0 Å². The molecule has 2 fully saturated rings. The number of carboxylic acids is 1. The first-order valence-electron chi connectivity index (χ1n) is 7.35. The van der Waals surface area contributed by atoms with Crippen molar-refractivity contribution in [2.75, 3.05) is 6.54 Å². The molecule has 2 saturated carbocycles. The lowest BCUT2D eigenvalue weighted by atomic mass is 9.83. The number of amides is 2. The molecule has 0 saturated heterocycles. The summed E-state index contributed by atoms with van der Waals surface area (Å²) in [5, 5.41) is 14.8. The third-order valence-corrected chi connectivity index (χ3v) is 4.64. The fourth-order valence-corrected chi connectivity index (χ4v) is 2.97. The molecular formula is C14H24N2O3. The Hall–Kier alpha value is -1.26. The Labute approximate surface area is 114 Å². The zero-order valence-corrected chi connectivity index (χ0v) is 11.6. The fraction of sp³-hybridized carbons (Fsp3) is 0.857. The van der Waals surface area contributed by atoms with Crippen molar-refractivity contribution in [1.82, 2.24) is 10.6 Å². The number of urea groups is 1. The van der Waals surface area contributed by atoms with Gasteiger partial charge in [-0.1, -0.05) is 26.2 Å². The number of aliphatic carboxylic acids is 1. The second-order valence-electron chi connectivity index (χ2n) is 5.97. The van der Waals surface area contributed by atoms with Gasteiger partial charge in [-0.15, -0.1) is 0 Å². The second kappa shape index (κ2) is 5.80. The van der Waals surface area contributed by atoms with Gasteiger partial charge in [0.05, 0.1) is 5.41 Å². The van der Waals surface area contributed by atoms with Crippen LogP contribution in [-0.4, -0.2) is 29.7 Å². The zero-order valence-electron chi connectivity index (χ0n) is 11.6. The van der Waals surface area contributed by atoms with Crippen molar-refractivity contribution < 1.29 is 14.7 Å². The first kappa shape index (κ1) is 14.2. The number of carbonyl (C=O) groups excluding carboxylic acids is 1. The van der Waals surface area contributed by atoms with Gasteiger partial charge in [-0.3, -0.25) is 4.79 Å². The van der Waals surface area contributed by atoms with Crippen LogP contribution in [0.25, 0.3) is 0 Å². The number of rotatable bonds is 5. The van der Waals surface area contributed by atoms with Crippen molar-refractivity contribution in [1.29, 1.82) is 0 Å². The van der Waals surface area contributed by atoms with E-state index in [0.717, 1.165) is 12.8 Å². The number of hydrogen-bond acceptors (Lipinski definition) is 2. The van der Waals surface area contributed by atoms with Gasteiger partial charge in [-0.25, -0.2) is 4.79 Å². The number of nitrogens with one attached hydrogen (secondary N) is 2. The summed E-state index contributed by atoms with van der Waals surface area (Å²) in [5.74, 6) is -0.231. The van der Waals surface area contributed by atoms with Gasteiger partial charge >= 0.3 is 12.0 Å². The van der Waals surface area contributed by atoms with Crippen LogP contribution in [0.3, 0.4) is 0 Å². The van der Waals surface area contributed by atoms with Crippen molar-refractivity contribution in [3.05, 3.63) is 0 Å². The minimum atomic E-state index is -0.795. The molecule has 0 aromatic carbocycles. The molecule has 19 heavy (non-hydrogen) atoms. The Kier molecular flexibility index (Phi) is 4.32. The lowest BCUT2D eigenvalue weighted by Crippen LogP contribution is -2.48. The minimum absolute atomic E-state index is 0.210. The number of carbonyl (C=O) groups is 2. The summed E-state index contributed by atoms with van der Waals surface area (Å²) >= 11 is 0. The summed E-state index contributed by atoms with van der Waals surface area (Å²) in [7, 11) is 0. The average molecular weight is 268 g/mol. The monoisotopic (exact) mass is 268 g/mol. The maximum atomic E-state index is 11.9. The second-order valence-corrected chi connectivity index (χ2v) is 5.97. The summed E-state index contributed by atoms with van der Waals surface area (Å²) in [6.07, 6.45) is 7.06. The van der Waals surface area contributed by atoms with E-state index in [2.05, 4.69) is 17.6 Å². The Morgan fingerprint density at radius 3 is 2.53 bits per heavy atom. The molecule has 0 aromatic rings. The maximum absolute atomic E-state index is 11.9. The first-order chi connectivity index (χ1) is 9.07. The van der Waals surface area contributed by atoms with Crippen LogP contribution < -0.4 is 10.6 Å². The summed E-state index contributed by atoms with van der Waals surface area (Å²) in [6.45, 7) is 2.41. The molecule has 5 nitrogen and oxygen atoms in total. The molecule has 2 amide bonds. The average Bonchev–Trinajstić information content (AvgIpc) is 3.18. The van der Waals surface area contributed by atoms with Gasteiger partial charge in [0.25, 0.3) is 0 Å². The molecule has 0 heterocycles. The molecule has 5 heteroatoms. The predicted octanol–water partition coefficient (Wildman–Crippen LogP) is 2.12. The number of carboxylic acid groups (broad SMARTS) is 1. The third kappa shape index (κ3) is 3.39. The molecular weight excluding hydrogens is 244 g/mol. The first-order valence-corrected chi connectivity index (χ1v) is 7.35. The van der Waals surface area contributed by atoms with E-state index in [9.17, 15) is 9.59 Å². The highest BCUT2D eigenvalue weighted by molar-refractivity contribution is 5.80. The molecule has 2 aliphatic rings. The van der Waals surface area contributed by atoms with E-state index >= 15 is 0 Å². The molecule has 3 N–H and O–H groups in total. The normalized spacial score (nSPS) is 28.5. The quantitative estimate of drug-likeness (QED) is 0.714. The highest BCUT2D eigenvalue weighted by Crippen LogP contribution is 2.45. The van der Waals surface area contributed by atoms with Gasteiger partial charge in [0, 0.05) is 12.6 Å². The molecule has 2 rings (SSSR count). The van der Waals surface area contributed by atoms with Crippen LogP contribution in [0.2, 0.25) is 0 Å². The molecule has 108 valence electrons. The SMILES string of the molecule is CCC1CCCCC1NC(=O)NCC1(C(=O)O)CC1. The number of hydrogen-bond donors (Lipinski definition) is 3. The molecule has 0 aromatic heterocycles. The van der Waals surface area contributed by atoms with Gasteiger partial charge in [-0.2, -0.15) is 0 Å². The van der Waals surface area contributed by atoms with E-state index in [-0.39, 0.29) is 18.6 Å². The smallest absolute Gasteiger partial charge is 0.315 e. The van der Waals surface area contributed by atoms with Crippen LogP contribution >= 0.6 is 0 Å². The lowest BCUT2D eigenvalue weighted by Gasteiger charge is -2.31. The van der Waals surface area contributed by atoms with Crippen LogP contribution in [0, 0.1) is 11.3 Å². The molecule has 2 atom stereocenters. The Bertz CT molecular complexity index is 353. The molecule has 0 spiro atoms. The van der Waals surface area contributed by atoms with Crippen molar-refractivity contribution >= 4 is 12.0 Å². The van der Waals surface area contributed by atoms with Crippen LogP contribution in [0.4, 0.5) is 4.79 Å². The van der Waals surface area contributed by atoms with Crippen LogP contribution in [-0.2, 0) is 4.79 Å². The zero-order chi connectivity index (χ0) is 13.9. The molecule has 2 unspecified atom stereocenters. The highest BCUT2D eigenvalue weighted by Gasteiger charge is 2.50. The lowest BCUT2D eigenvalue weighted by molar-refractivity contribution is -0.143. The summed E-state index contributed by atoms with van der Waals surface area (Å²) in [4.78, 5) is 22.9. The molecule has 2 aliphatic carbocycles. The predicted molar refractivity (Wildman–Crippen MR) is 71.9 cm³/mol. The van der Waals surface area contributed by atoms with Crippen LogP contribution in [0.15, 0.2) is 0 Å². The van der Waals surface area contributed by atoms with Crippen LogP contribution in [0.1, 0.15) is 51.9 Å². The summed E-state index contributed by atoms with van der Waals surface area (Å²) < 4.78 is 0. The standard InChI is InChI=1S/C14H24N2O3/c1-2-10-5-3-4-6-11(10)16-13(19)15-9-14(7-8-14)12(17)18/h10-11H,2-9H2,1H3,(H,17,18)(H2,15,16,19). The van der Waals surface area contributed by atoms with E-state index in [4.69, 9.17) is 5.11 Å². The van der Waals surface area contributed by atoms with Gasteiger partial charge < -0.3 is 15.7 Å². The summed E-state index contributed by atoms with van der Waals surface area (Å²) in [6, 6.07) is 0.0385. The third-order valence-electron chi connectivity index (χ3n) is 4.64. The highest BCUT2D eigenvalue weighted by atomic mass is 16.4. The molecule has 0 aliphatic heterocycles. The molecule has 0 radical (unpaired) electrons. The van der Waals surface area contributed by atoms with Crippen LogP contribution in [0.5, 0.6) is 0 Å². The van der Waals surface area contributed by atoms with Crippen molar-refractivity contribution in [2.45, 2.75) is 57.9 Å². The van der Waals surface area contributed by atoms with Crippen molar-refractivity contribution in [2.24, 2.45) is 11.3 Å². The van der Waals surface area contributed by atoms with Crippen molar-refractivity contribution in [3.8, 4) is 0 Å². The fourth-order valence-electron chi connectivity index (χ4n) is 2.97. The topological polar surface area (TPSA) is 78.4 Å². The largest absolute Gasteiger partial charge is 0.481 e. The van der Waals surface area contributed by atoms with E-state index in [1.165, 1.54) is 19.3 Å². The Morgan fingerprint density at radius 1 is 1.26 bits per heavy atom. The van der Waals surface area contributed by atoms with E-state index < -0.39 is 11.4 Å². The van der Waals surface area contributed by atoms with Gasteiger partial charge in [0.2, 0.25) is 0 Å². The minimum Gasteiger partial charge on any atom is -0.481 e. The van der Waals surface area contributed by atoms with Gasteiger partial charge in [-0.05, 0) is 31.6 Å². The maximum Gasteiger partial charge on any atom is 0.315 e. The summed E-state index contributed by atoms with van der Waals surface area (Å²) in [5.41, 5.74) is -0.686. The Balaban J connectivity index is 1.76. The van der Waals surface area contributed by atoms with E-state index in [1.807, 2.05) is 0 Å². The van der Waals surface area contributed by atoms with E-state index in [1.54, 1.807) is 0 Å². The molecule has 0 bridgehead atoms.